The molecule has 1 aromatic heterocycles. The van der Waals surface area contributed by atoms with Crippen LogP contribution in [-0.2, 0) is 16.0 Å². The lowest BCUT2D eigenvalue weighted by molar-refractivity contribution is -0.118. The fourth-order valence-electron chi connectivity index (χ4n) is 2.10. The van der Waals surface area contributed by atoms with Crippen LogP contribution in [0.15, 0.2) is 24.3 Å². The Morgan fingerprint density at radius 1 is 1.48 bits per heavy atom. The largest absolute Gasteiger partial charge is 0.380 e. The number of thiazole rings is 1. The number of halogens is 1. The van der Waals surface area contributed by atoms with E-state index in [9.17, 15) is 9.18 Å². The molecule has 0 aliphatic carbocycles. The Morgan fingerprint density at radius 2 is 2.22 bits per heavy atom. The number of anilines is 1. The molecule has 0 aliphatic heterocycles. The highest BCUT2D eigenvalue weighted by Crippen LogP contribution is 2.26. The summed E-state index contributed by atoms with van der Waals surface area (Å²) < 4.78 is 18.8. The van der Waals surface area contributed by atoms with Crippen LogP contribution in [0.25, 0.3) is 0 Å². The third-order valence-electron chi connectivity index (χ3n) is 3.46. The van der Waals surface area contributed by atoms with Crippen molar-refractivity contribution in [1.82, 2.24) is 4.98 Å². The van der Waals surface area contributed by atoms with Crippen molar-refractivity contribution in [2.45, 2.75) is 25.9 Å². The molecule has 1 amide bonds. The third-order valence-corrected chi connectivity index (χ3v) is 4.53. The zero-order chi connectivity index (χ0) is 16.8. The third kappa shape index (κ3) is 4.82. The molecule has 2 rings (SSSR count). The van der Waals surface area contributed by atoms with Crippen molar-refractivity contribution >= 4 is 22.4 Å². The minimum absolute atomic E-state index is 0.175. The average molecular weight is 337 g/mol. The summed E-state index contributed by atoms with van der Waals surface area (Å²) in [5, 5.41) is 3.25. The molecule has 0 aliphatic rings. The van der Waals surface area contributed by atoms with Gasteiger partial charge in [-0.15, -0.1) is 11.3 Å². The number of nitrogens with zero attached hydrogens (tertiary/aromatic N) is 1. The van der Waals surface area contributed by atoms with Crippen molar-refractivity contribution in [2.24, 2.45) is 5.73 Å². The fourth-order valence-corrected chi connectivity index (χ4v) is 3.10. The number of ether oxygens (including phenoxy) is 1. The van der Waals surface area contributed by atoms with Gasteiger partial charge in [-0.05, 0) is 18.6 Å². The molecule has 7 heteroatoms. The molecule has 124 valence electrons. The molecule has 3 N–H and O–H groups in total. The van der Waals surface area contributed by atoms with Crippen molar-refractivity contribution in [3.05, 3.63) is 46.2 Å². The Hall–Kier alpha value is -1.83. The van der Waals surface area contributed by atoms with Gasteiger partial charge in [-0.1, -0.05) is 18.2 Å². The quantitative estimate of drug-likeness (QED) is 0.814. The smallest absolute Gasteiger partial charge is 0.228 e. The number of carbonyl (C=O) groups excluding carboxylic acids is 1. The second-order valence-corrected chi connectivity index (χ2v) is 6.23. The van der Waals surface area contributed by atoms with Gasteiger partial charge in [0.05, 0.1) is 18.2 Å². The SMILES string of the molecule is COC(CN)CC(=O)Nc1nc(C)c(Cc2ccccc2F)s1. The molecule has 0 saturated carbocycles. The van der Waals surface area contributed by atoms with Gasteiger partial charge < -0.3 is 15.8 Å². The van der Waals surface area contributed by atoms with Crippen molar-refractivity contribution in [2.75, 3.05) is 19.0 Å². The van der Waals surface area contributed by atoms with Gasteiger partial charge in [0, 0.05) is 25.0 Å². The van der Waals surface area contributed by atoms with E-state index in [1.54, 1.807) is 18.2 Å². The number of methoxy groups -OCH3 is 1. The molecule has 1 atom stereocenters. The standard InChI is InChI=1S/C16H20FN3O2S/c1-10-14(7-11-5-3-4-6-13(11)17)23-16(19-10)20-15(21)8-12(9-18)22-2/h3-6,12H,7-9,18H2,1-2H3,(H,19,20,21). The molecule has 1 heterocycles. The fraction of sp³-hybridized carbons (Fsp3) is 0.375. The Morgan fingerprint density at radius 3 is 2.87 bits per heavy atom. The van der Waals surface area contributed by atoms with Crippen molar-refractivity contribution in [3.63, 3.8) is 0 Å². The van der Waals surface area contributed by atoms with Gasteiger partial charge in [-0.2, -0.15) is 0 Å². The molecule has 0 bridgehead atoms. The predicted octanol–water partition coefficient (Wildman–Crippen LogP) is 2.48. The first-order valence-electron chi connectivity index (χ1n) is 7.26. The molecular formula is C16H20FN3O2S. The Labute approximate surface area is 138 Å². The number of aryl methyl sites for hydroxylation is 1. The second-order valence-electron chi connectivity index (χ2n) is 5.14. The number of amides is 1. The van der Waals surface area contributed by atoms with E-state index in [-0.39, 0.29) is 30.8 Å². The van der Waals surface area contributed by atoms with E-state index in [0.717, 1.165) is 10.6 Å². The number of hydrogen-bond donors (Lipinski definition) is 2. The highest BCUT2D eigenvalue weighted by atomic mass is 32.1. The molecule has 23 heavy (non-hydrogen) atoms. The Bertz CT molecular complexity index is 671. The van der Waals surface area contributed by atoms with Gasteiger partial charge >= 0.3 is 0 Å². The maximum Gasteiger partial charge on any atom is 0.228 e. The topological polar surface area (TPSA) is 77.2 Å². The molecule has 1 aromatic carbocycles. The lowest BCUT2D eigenvalue weighted by atomic mass is 10.1. The van der Waals surface area contributed by atoms with Gasteiger partial charge in [0.1, 0.15) is 5.82 Å². The van der Waals surface area contributed by atoms with Gasteiger partial charge in [-0.3, -0.25) is 4.79 Å². The summed E-state index contributed by atoms with van der Waals surface area (Å²) in [7, 11) is 1.52. The summed E-state index contributed by atoms with van der Waals surface area (Å²) >= 11 is 1.35. The number of hydrogen-bond acceptors (Lipinski definition) is 5. The van der Waals surface area contributed by atoms with Crippen molar-refractivity contribution in [3.8, 4) is 0 Å². The summed E-state index contributed by atoms with van der Waals surface area (Å²) in [6.45, 7) is 2.12. The molecule has 2 aromatic rings. The zero-order valence-corrected chi connectivity index (χ0v) is 14.0. The molecule has 0 spiro atoms. The highest BCUT2D eigenvalue weighted by Gasteiger charge is 2.15. The summed E-state index contributed by atoms with van der Waals surface area (Å²) in [4.78, 5) is 17.2. The number of rotatable bonds is 7. The molecule has 0 fully saturated rings. The van der Waals surface area contributed by atoms with Crippen molar-refractivity contribution < 1.29 is 13.9 Å². The number of aromatic nitrogens is 1. The zero-order valence-electron chi connectivity index (χ0n) is 13.1. The Balaban J connectivity index is 2.03. The number of nitrogens with one attached hydrogen (secondary N) is 1. The maximum atomic E-state index is 13.7. The lowest BCUT2D eigenvalue weighted by Gasteiger charge is -2.11. The number of carbonyl (C=O) groups is 1. The van der Waals surface area contributed by atoms with Crippen LogP contribution in [0.2, 0.25) is 0 Å². The van der Waals surface area contributed by atoms with E-state index >= 15 is 0 Å². The van der Waals surface area contributed by atoms with E-state index in [1.807, 2.05) is 6.92 Å². The van der Waals surface area contributed by atoms with E-state index < -0.39 is 0 Å². The van der Waals surface area contributed by atoms with Gasteiger partial charge in [0.25, 0.3) is 0 Å². The molecule has 0 saturated heterocycles. The van der Waals surface area contributed by atoms with E-state index in [1.165, 1.54) is 24.5 Å². The molecule has 5 nitrogen and oxygen atoms in total. The van der Waals surface area contributed by atoms with Crippen LogP contribution in [0.1, 0.15) is 22.6 Å². The number of nitrogens with two attached hydrogens (primary N) is 1. The van der Waals surface area contributed by atoms with Crippen LogP contribution in [0, 0.1) is 12.7 Å². The highest BCUT2D eigenvalue weighted by molar-refractivity contribution is 7.15. The summed E-state index contributed by atoms with van der Waals surface area (Å²) in [6, 6.07) is 6.64. The van der Waals surface area contributed by atoms with Crippen LogP contribution in [0.4, 0.5) is 9.52 Å². The first kappa shape index (κ1) is 17.5. The van der Waals surface area contributed by atoms with E-state index in [2.05, 4.69) is 10.3 Å². The van der Waals surface area contributed by atoms with Crippen LogP contribution in [0.3, 0.4) is 0 Å². The minimum Gasteiger partial charge on any atom is -0.380 e. The first-order chi connectivity index (χ1) is 11.0. The molecule has 1 unspecified atom stereocenters. The van der Waals surface area contributed by atoms with Gasteiger partial charge in [0.2, 0.25) is 5.91 Å². The van der Waals surface area contributed by atoms with Crippen molar-refractivity contribution in [1.29, 1.82) is 0 Å². The summed E-state index contributed by atoms with van der Waals surface area (Å²) in [5.74, 6) is -0.440. The van der Waals surface area contributed by atoms with Crippen LogP contribution in [-0.4, -0.2) is 30.6 Å². The monoisotopic (exact) mass is 337 g/mol. The Kier molecular flexibility index (Phi) is 6.20. The molecular weight excluding hydrogens is 317 g/mol. The normalized spacial score (nSPS) is 12.2. The maximum absolute atomic E-state index is 13.7. The second kappa shape index (κ2) is 8.14. The van der Waals surface area contributed by atoms with Gasteiger partial charge in [0.15, 0.2) is 5.13 Å². The first-order valence-corrected chi connectivity index (χ1v) is 8.07. The predicted molar refractivity (Wildman–Crippen MR) is 89.2 cm³/mol. The van der Waals surface area contributed by atoms with E-state index in [4.69, 9.17) is 10.5 Å². The van der Waals surface area contributed by atoms with Crippen LogP contribution in [0.5, 0.6) is 0 Å². The summed E-state index contributed by atoms with van der Waals surface area (Å²) in [5.41, 5.74) is 6.90. The van der Waals surface area contributed by atoms with Crippen LogP contribution >= 0.6 is 11.3 Å². The molecule has 0 radical (unpaired) electrons. The number of benzene rings is 1. The average Bonchev–Trinajstić information content (AvgIpc) is 2.86. The van der Waals surface area contributed by atoms with Crippen LogP contribution < -0.4 is 11.1 Å². The van der Waals surface area contributed by atoms with E-state index in [0.29, 0.717) is 17.1 Å². The van der Waals surface area contributed by atoms with Gasteiger partial charge in [-0.25, -0.2) is 9.37 Å². The lowest BCUT2D eigenvalue weighted by Crippen LogP contribution is -2.28. The minimum atomic E-state index is -0.311. The summed E-state index contributed by atoms with van der Waals surface area (Å²) in [6.07, 6.45) is 0.318.